The summed E-state index contributed by atoms with van der Waals surface area (Å²) in [7, 11) is 0. The van der Waals surface area contributed by atoms with Gasteiger partial charge in [0.05, 0.1) is 25.4 Å². The summed E-state index contributed by atoms with van der Waals surface area (Å²) in [5, 5.41) is 12.7. The van der Waals surface area contributed by atoms with Crippen molar-refractivity contribution in [3.63, 3.8) is 0 Å². The van der Waals surface area contributed by atoms with Crippen molar-refractivity contribution >= 4 is 11.9 Å². The Kier molecular flexibility index (Phi) is 9.03. The number of H-pyrrole nitrogens is 1. The Bertz CT molecular complexity index is 1530. The van der Waals surface area contributed by atoms with E-state index in [1.165, 1.54) is 0 Å². The summed E-state index contributed by atoms with van der Waals surface area (Å²) in [6.07, 6.45) is 7.07. The van der Waals surface area contributed by atoms with E-state index in [1.54, 1.807) is 23.3 Å². The van der Waals surface area contributed by atoms with Crippen LogP contribution in [0.3, 0.4) is 0 Å². The fourth-order valence-corrected chi connectivity index (χ4v) is 4.68. The average Bonchev–Trinajstić information content (AvgIpc) is 3.72. The Morgan fingerprint density at radius 1 is 0.878 bits per heavy atom. The normalized spacial score (nSPS) is 12.4. The van der Waals surface area contributed by atoms with Gasteiger partial charge in [-0.05, 0) is 33.9 Å². The molecule has 2 atom stereocenters. The Balaban J connectivity index is 1.32. The van der Waals surface area contributed by atoms with Gasteiger partial charge in [-0.2, -0.15) is 0 Å². The molecule has 8 heteroatoms. The average molecular weight is 549 g/mol. The van der Waals surface area contributed by atoms with Crippen LogP contribution < -0.4 is 5.32 Å². The van der Waals surface area contributed by atoms with Crippen LogP contribution in [0.2, 0.25) is 0 Å². The molecule has 3 aromatic carbocycles. The lowest BCUT2D eigenvalue weighted by Crippen LogP contribution is -2.40. The van der Waals surface area contributed by atoms with Crippen molar-refractivity contribution in [1.29, 1.82) is 0 Å². The Hall–Kier alpha value is -4.95. The maximum atomic E-state index is 13.3. The summed E-state index contributed by atoms with van der Waals surface area (Å²) < 4.78 is 7.36. The van der Waals surface area contributed by atoms with Crippen molar-refractivity contribution in [2.75, 3.05) is 6.61 Å². The quantitative estimate of drug-likeness (QED) is 0.191. The van der Waals surface area contributed by atoms with E-state index >= 15 is 0 Å². The van der Waals surface area contributed by atoms with Gasteiger partial charge in [0.15, 0.2) is 0 Å². The second-order valence-electron chi connectivity index (χ2n) is 9.83. The number of carbonyl (C=O) groups is 2. The van der Waals surface area contributed by atoms with Gasteiger partial charge in [-0.1, -0.05) is 84.9 Å². The molecule has 0 spiro atoms. The molecule has 8 nitrogen and oxygen atoms in total. The van der Waals surface area contributed by atoms with Crippen LogP contribution in [-0.4, -0.2) is 44.2 Å². The van der Waals surface area contributed by atoms with Crippen molar-refractivity contribution in [2.45, 2.75) is 31.5 Å². The Labute approximate surface area is 238 Å². The van der Waals surface area contributed by atoms with Crippen molar-refractivity contribution < 1.29 is 19.4 Å². The minimum absolute atomic E-state index is 0.103. The standard InChI is InChI=1S/C33H32N4O4/c38-21-30(17-29-19-34-23-35-29)36-32(39)18-31(33(40)41-22-24-7-3-1-4-8-24)37-16-15-28(20-37)27-13-11-26(12-14-27)25-9-5-2-6-10-25/h1-16,19-20,23,30-31,38H,17-18,21-22H2,(H,34,35)(H,36,39)/t30-,31+/m0/s1. The van der Waals surface area contributed by atoms with Crippen LogP contribution >= 0.6 is 0 Å². The number of esters is 1. The van der Waals surface area contributed by atoms with E-state index in [9.17, 15) is 14.7 Å². The number of carbonyl (C=O) groups excluding carboxylic acids is 2. The molecule has 0 fully saturated rings. The molecule has 208 valence electrons. The van der Waals surface area contributed by atoms with E-state index in [1.807, 2.05) is 72.9 Å². The summed E-state index contributed by atoms with van der Waals surface area (Å²) in [4.78, 5) is 33.4. The number of aliphatic hydroxyl groups is 1. The monoisotopic (exact) mass is 548 g/mol. The molecule has 0 aliphatic heterocycles. The summed E-state index contributed by atoms with van der Waals surface area (Å²) in [6, 6.07) is 28.3. The van der Waals surface area contributed by atoms with Crippen LogP contribution in [0.25, 0.3) is 22.3 Å². The number of imidazole rings is 1. The predicted octanol–water partition coefficient (Wildman–Crippen LogP) is 4.94. The first-order valence-corrected chi connectivity index (χ1v) is 13.5. The van der Waals surface area contributed by atoms with Gasteiger partial charge in [-0.25, -0.2) is 9.78 Å². The number of aromatic nitrogens is 3. The van der Waals surface area contributed by atoms with E-state index in [0.717, 1.165) is 33.5 Å². The fraction of sp³-hybridized carbons (Fsp3) is 0.182. The van der Waals surface area contributed by atoms with Crippen LogP contribution in [0.5, 0.6) is 0 Å². The molecule has 5 aromatic rings. The highest BCUT2D eigenvalue weighted by molar-refractivity contribution is 5.84. The molecule has 0 aliphatic rings. The van der Waals surface area contributed by atoms with E-state index in [0.29, 0.717) is 6.42 Å². The number of aliphatic hydroxyl groups excluding tert-OH is 1. The van der Waals surface area contributed by atoms with Gasteiger partial charge in [0, 0.05) is 30.7 Å². The van der Waals surface area contributed by atoms with Crippen molar-refractivity contribution in [3.05, 3.63) is 127 Å². The van der Waals surface area contributed by atoms with Crippen LogP contribution in [0.15, 0.2) is 116 Å². The second-order valence-corrected chi connectivity index (χ2v) is 9.83. The first kappa shape index (κ1) is 27.6. The molecule has 1 amide bonds. The lowest BCUT2D eigenvalue weighted by atomic mass is 10.0. The summed E-state index contributed by atoms with van der Waals surface area (Å²) in [5.41, 5.74) is 5.80. The molecule has 41 heavy (non-hydrogen) atoms. The van der Waals surface area contributed by atoms with Gasteiger partial charge in [-0.3, -0.25) is 4.79 Å². The van der Waals surface area contributed by atoms with Crippen molar-refractivity contribution in [2.24, 2.45) is 0 Å². The molecule has 2 aromatic heterocycles. The largest absolute Gasteiger partial charge is 0.459 e. The first-order chi connectivity index (χ1) is 20.1. The third kappa shape index (κ3) is 7.38. The third-order valence-corrected chi connectivity index (χ3v) is 6.88. The number of nitrogens with zero attached hydrogens (tertiary/aromatic N) is 2. The number of nitrogens with one attached hydrogen (secondary N) is 2. The molecule has 0 saturated carbocycles. The third-order valence-electron chi connectivity index (χ3n) is 6.88. The van der Waals surface area contributed by atoms with E-state index in [2.05, 4.69) is 39.6 Å². The Morgan fingerprint density at radius 2 is 1.54 bits per heavy atom. The van der Waals surface area contributed by atoms with Crippen LogP contribution in [0, 0.1) is 0 Å². The minimum Gasteiger partial charge on any atom is -0.459 e. The predicted molar refractivity (Wildman–Crippen MR) is 157 cm³/mol. The SMILES string of the molecule is O=C(C[C@H](C(=O)OCc1ccccc1)n1ccc(-c2ccc(-c3ccccc3)cc2)c1)N[C@H](CO)Cc1cnc[nH]1. The van der Waals surface area contributed by atoms with E-state index in [4.69, 9.17) is 4.74 Å². The minimum atomic E-state index is -0.887. The van der Waals surface area contributed by atoms with E-state index in [-0.39, 0.29) is 25.5 Å². The zero-order valence-corrected chi connectivity index (χ0v) is 22.5. The maximum absolute atomic E-state index is 13.3. The highest BCUT2D eigenvalue weighted by Crippen LogP contribution is 2.27. The van der Waals surface area contributed by atoms with E-state index < -0.39 is 18.1 Å². The number of amides is 1. The van der Waals surface area contributed by atoms with Gasteiger partial charge in [-0.15, -0.1) is 0 Å². The molecule has 0 saturated heterocycles. The summed E-state index contributed by atoms with van der Waals surface area (Å²) >= 11 is 0. The molecular formula is C33H32N4O4. The molecule has 0 aliphatic carbocycles. The number of rotatable bonds is 12. The van der Waals surface area contributed by atoms with Crippen LogP contribution in [-0.2, 0) is 27.4 Å². The summed E-state index contributed by atoms with van der Waals surface area (Å²) in [6.45, 7) is -0.146. The molecule has 0 radical (unpaired) electrons. The molecule has 2 heterocycles. The molecule has 5 rings (SSSR count). The lowest BCUT2D eigenvalue weighted by Gasteiger charge is -2.20. The zero-order valence-electron chi connectivity index (χ0n) is 22.5. The topological polar surface area (TPSA) is 109 Å². The van der Waals surface area contributed by atoms with Gasteiger partial charge in [0.25, 0.3) is 0 Å². The zero-order chi connectivity index (χ0) is 28.4. The molecule has 3 N–H and O–H groups in total. The lowest BCUT2D eigenvalue weighted by molar-refractivity contribution is -0.150. The maximum Gasteiger partial charge on any atom is 0.329 e. The molecule has 0 unspecified atom stereocenters. The molecular weight excluding hydrogens is 516 g/mol. The van der Waals surface area contributed by atoms with Gasteiger partial charge in [0.2, 0.25) is 5.91 Å². The van der Waals surface area contributed by atoms with Crippen molar-refractivity contribution in [1.82, 2.24) is 19.9 Å². The van der Waals surface area contributed by atoms with Crippen LogP contribution in [0.4, 0.5) is 0 Å². The first-order valence-electron chi connectivity index (χ1n) is 13.5. The summed E-state index contributed by atoms with van der Waals surface area (Å²) in [5.74, 6) is -0.882. The van der Waals surface area contributed by atoms with Crippen molar-refractivity contribution in [3.8, 4) is 22.3 Å². The smallest absolute Gasteiger partial charge is 0.329 e. The fourth-order valence-electron chi connectivity index (χ4n) is 4.68. The Morgan fingerprint density at radius 3 is 2.20 bits per heavy atom. The highest BCUT2D eigenvalue weighted by Gasteiger charge is 2.27. The number of ether oxygens (including phenoxy) is 1. The molecule has 0 bridgehead atoms. The second kappa shape index (κ2) is 13.4. The number of hydrogen-bond donors (Lipinski definition) is 3. The van der Waals surface area contributed by atoms with Gasteiger partial charge >= 0.3 is 5.97 Å². The number of aromatic amines is 1. The van der Waals surface area contributed by atoms with Crippen LogP contribution in [0.1, 0.15) is 23.7 Å². The van der Waals surface area contributed by atoms with Gasteiger partial charge in [0.1, 0.15) is 12.6 Å². The number of benzene rings is 3. The number of hydrogen-bond acceptors (Lipinski definition) is 5. The highest BCUT2D eigenvalue weighted by atomic mass is 16.5. The van der Waals surface area contributed by atoms with Gasteiger partial charge < -0.3 is 24.7 Å².